The second kappa shape index (κ2) is 10.3. The molecular formula is C44H30N4O. The fraction of sp³-hybridized carbons (Fsp3) is 0.0682. The highest BCUT2D eigenvalue weighted by Crippen LogP contribution is 2.51. The lowest BCUT2D eigenvalue weighted by atomic mass is 9.81. The number of para-hydroxylation sites is 4. The predicted octanol–water partition coefficient (Wildman–Crippen LogP) is 11.0. The van der Waals surface area contributed by atoms with Crippen molar-refractivity contribution in [3.05, 3.63) is 157 Å². The SMILES string of the molecule is CC1(C)c2ccccc2-c2nc(-c3ccc(-c4nc5ccccc5o4)cc3)nc(-c3cccc(-n4c5ccccc5c5ccccc54)c3)c21. The lowest BCUT2D eigenvalue weighted by molar-refractivity contribution is 0.620. The van der Waals surface area contributed by atoms with Crippen LogP contribution in [0.25, 0.3) is 83.9 Å². The van der Waals surface area contributed by atoms with Crippen molar-refractivity contribution >= 4 is 32.9 Å². The number of rotatable bonds is 4. The van der Waals surface area contributed by atoms with Crippen molar-refractivity contribution in [1.29, 1.82) is 0 Å². The Morgan fingerprint density at radius 1 is 0.551 bits per heavy atom. The van der Waals surface area contributed by atoms with Gasteiger partial charge in [-0.3, -0.25) is 0 Å². The van der Waals surface area contributed by atoms with Gasteiger partial charge in [-0.25, -0.2) is 15.0 Å². The molecule has 0 radical (unpaired) electrons. The quantitative estimate of drug-likeness (QED) is 0.194. The third kappa shape index (κ3) is 4.15. The number of hydrogen-bond donors (Lipinski definition) is 0. The molecule has 10 rings (SSSR count). The van der Waals surface area contributed by atoms with Crippen molar-refractivity contribution in [2.45, 2.75) is 19.3 Å². The monoisotopic (exact) mass is 630 g/mol. The van der Waals surface area contributed by atoms with Crippen molar-refractivity contribution in [1.82, 2.24) is 19.5 Å². The number of hydrogen-bond acceptors (Lipinski definition) is 4. The molecule has 1 aliphatic rings. The molecule has 1 aliphatic carbocycles. The van der Waals surface area contributed by atoms with E-state index < -0.39 is 0 Å². The van der Waals surface area contributed by atoms with Crippen LogP contribution in [0.5, 0.6) is 0 Å². The van der Waals surface area contributed by atoms with E-state index in [1.165, 1.54) is 27.4 Å². The molecule has 3 heterocycles. The number of nitrogens with zero attached hydrogens (tertiary/aromatic N) is 4. The zero-order valence-electron chi connectivity index (χ0n) is 27.1. The van der Waals surface area contributed by atoms with E-state index in [1.54, 1.807) is 0 Å². The average molecular weight is 631 g/mol. The number of benzene rings is 6. The summed E-state index contributed by atoms with van der Waals surface area (Å²) in [7, 11) is 0. The average Bonchev–Trinajstić information content (AvgIpc) is 3.80. The highest BCUT2D eigenvalue weighted by molar-refractivity contribution is 6.09. The molecular weight excluding hydrogens is 601 g/mol. The van der Waals surface area contributed by atoms with Crippen LogP contribution in [0.15, 0.2) is 150 Å². The van der Waals surface area contributed by atoms with Crippen molar-refractivity contribution < 1.29 is 4.42 Å². The molecule has 5 nitrogen and oxygen atoms in total. The maximum Gasteiger partial charge on any atom is 0.227 e. The van der Waals surface area contributed by atoms with Crippen LogP contribution < -0.4 is 0 Å². The summed E-state index contributed by atoms with van der Waals surface area (Å²) >= 11 is 0. The molecule has 0 bridgehead atoms. The smallest absolute Gasteiger partial charge is 0.227 e. The van der Waals surface area contributed by atoms with Gasteiger partial charge < -0.3 is 8.98 Å². The molecule has 0 amide bonds. The lowest BCUT2D eigenvalue weighted by Gasteiger charge is -2.24. The van der Waals surface area contributed by atoms with Gasteiger partial charge in [-0.05, 0) is 54.1 Å². The second-order valence-corrected chi connectivity index (χ2v) is 13.3. The molecule has 3 aromatic heterocycles. The zero-order chi connectivity index (χ0) is 32.7. The van der Waals surface area contributed by atoms with Crippen molar-refractivity contribution in [3.8, 4) is 51.0 Å². The Labute approximate surface area is 283 Å². The van der Waals surface area contributed by atoms with Gasteiger partial charge >= 0.3 is 0 Å². The summed E-state index contributed by atoms with van der Waals surface area (Å²) in [5.74, 6) is 1.29. The fourth-order valence-electron chi connectivity index (χ4n) is 7.71. The second-order valence-electron chi connectivity index (χ2n) is 13.3. The summed E-state index contributed by atoms with van der Waals surface area (Å²) in [6, 6.07) is 50.7. The Bertz CT molecular complexity index is 2660. The Morgan fingerprint density at radius 2 is 1.20 bits per heavy atom. The highest BCUT2D eigenvalue weighted by atomic mass is 16.3. The van der Waals surface area contributed by atoms with Gasteiger partial charge in [0.1, 0.15) is 5.52 Å². The topological polar surface area (TPSA) is 56.7 Å². The third-order valence-corrected chi connectivity index (χ3v) is 10.0. The summed E-state index contributed by atoms with van der Waals surface area (Å²) in [5.41, 5.74) is 13.2. The van der Waals surface area contributed by atoms with E-state index in [9.17, 15) is 0 Å². The summed E-state index contributed by atoms with van der Waals surface area (Å²) in [5, 5.41) is 2.48. The van der Waals surface area contributed by atoms with Crippen molar-refractivity contribution in [3.63, 3.8) is 0 Å². The number of fused-ring (bicyclic) bond motifs is 7. The first-order valence-corrected chi connectivity index (χ1v) is 16.6. The molecule has 232 valence electrons. The van der Waals surface area contributed by atoms with Gasteiger partial charge in [0.05, 0.1) is 22.4 Å². The van der Waals surface area contributed by atoms with Crippen LogP contribution in [0.3, 0.4) is 0 Å². The highest BCUT2D eigenvalue weighted by Gasteiger charge is 2.40. The summed E-state index contributed by atoms with van der Waals surface area (Å²) < 4.78 is 8.41. The summed E-state index contributed by atoms with van der Waals surface area (Å²) in [6.45, 7) is 4.58. The number of oxazole rings is 1. The first-order chi connectivity index (χ1) is 24.0. The summed E-state index contributed by atoms with van der Waals surface area (Å²) in [4.78, 5) is 15.4. The molecule has 0 spiro atoms. The minimum Gasteiger partial charge on any atom is -0.436 e. The maximum absolute atomic E-state index is 6.05. The predicted molar refractivity (Wildman–Crippen MR) is 198 cm³/mol. The molecule has 6 aromatic carbocycles. The van der Waals surface area contributed by atoms with E-state index in [0.717, 1.165) is 56.0 Å². The lowest BCUT2D eigenvalue weighted by Crippen LogP contribution is -2.17. The first kappa shape index (κ1) is 27.8. The van der Waals surface area contributed by atoms with E-state index in [4.69, 9.17) is 19.4 Å². The first-order valence-electron chi connectivity index (χ1n) is 16.6. The van der Waals surface area contributed by atoms with Gasteiger partial charge in [-0.1, -0.05) is 111 Å². The van der Waals surface area contributed by atoms with Crippen LogP contribution in [0, 0.1) is 0 Å². The molecule has 0 fully saturated rings. The van der Waals surface area contributed by atoms with Crippen LogP contribution in [0.1, 0.15) is 25.0 Å². The van der Waals surface area contributed by atoms with Crippen LogP contribution in [-0.2, 0) is 5.41 Å². The zero-order valence-corrected chi connectivity index (χ0v) is 27.1. The van der Waals surface area contributed by atoms with E-state index >= 15 is 0 Å². The standard InChI is InChI=1S/C44H30N4O/c1-44(2)34-17-6-3-16-33(34)41-39(44)40(46-42(47-41)27-22-24-28(25-23-27)43-45-35-18-7-10-21-38(35)49-43)29-12-11-13-30(26-29)48-36-19-8-4-14-31(36)32-15-5-9-20-37(32)48/h3-26H,1-2H3. The van der Waals surface area contributed by atoms with E-state index in [-0.39, 0.29) is 5.41 Å². The van der Waals surface area contributed by atoms with Gasteiger partial charge in [0.15, 0.2) is 11.4 Å². The normalized spacial score (nSPS) is 13.3. The molecule has 0 saturated carbocycles. The molecule has 0 aliphatic heterocycles. The van der Waals surface area contributed by atoms with Crippen LogP contribution in [0.4, 0.5) is 0 Å². The summed E-state index contributed by atoms with van der Waals surface area (Å²) in [6.07, 6.45) is 0. The van der Waals surface area contributed by atoms with Crippen molar-refractivity contribution in [2.75, 3.05) is 0 Å². The van der Waals surface area contributed by atoms with Gasteiger partial charge in [-0.2, -0.15) is 0 Å². The minimum absolute atomic E-state index is 0.278. The number of aromatic nitrogens is 4. The fourth-order valence-corrected chi connectivity index (χ4v) is 7.71. The molecule has 0 saturated heterocycles. The Morgan fingerprint density at radius 3 is 1.98 bits per heavy atom. The largest absolute Gasteiger partial charge is 0.436 e. The van der Waals surface area contributed by atoms with E-state index in [0.29, 0.717) is 11.7 Å². The molecule has 5 heteroatoms. The van der Waals surface area contributed by atoms with E-state index in [2.05, 4.69) is 128 Å². The molecule has 0 atom stereocenters. The molecule has 9 aromatic rings. The minimum atomic E-state index is -0.278. The molecule has 49 heavy (non-hydrogen) atoms. The van der Waals surface area contributed by atoms with Gasteiger partial charge in [0.25, 0.3) is 0 Å². The van der Waals surface area contributed by atoms with Gasteiger partial charge in [0, 0.05) is 49.7 Å². The maximum atomic E-state index is 6.05. The third-order valence-electron chi connectivity index (χ3n) is 10.0. The van der Waals surface area contributed by atoms with Crippen LogP contribution in [-0.4, -0.2) is 19.5 Å². The molecule has 0 N–H and O–H groups in total. The Balaban J connectivity index is 1.16. The Hall–Kier alpha value is -6.33. The van der Waals surface area contributed by atoms with Crippen molar-refractivity contribution in [2.24, 2.45) is 0 Å². The van der Waals surface area contributed by atoms with E-state index in [1.807, 2.05) is 36.4 Å². The Kier molecular flexibility index (Phi) is 5.85. The van der Waals surface area contributed by atoms with Crippen LogP contribution in [0.2, 0.25) is 0 Å². The van der Waals surface area contributed by atoms with Crippen LogP contribution >= 0.6 is 0 Å². The molecule has 0 unspecified atom stereocenters. The van der Waals surface area contributed by atoms with Gasteiger partial charge in [0.2, 0.25) is 5.89 Å². The van der Waals surface area contributed by atoms with Gasteiger partial charge in [-0.15, -0.1) is 0 Å².